The van der Waals surface area contributed by atoms with Gasteiger partial charge in [-0.05, 0) is 19.4 Å². The average molecular weight is 164 g/mol. The molecule has 0 bridgehead atoms. The number of aryl methyl sites for hydroxylation is 2. The minimum Gasteiger partial charge on any atom is -0.466 e. The van der Waals surface area contributed by atoms with Gasteiger partial charge in [0.1, 0.15) is 11.5 Å². The van der Waals surface area contributed by atoms with Gasteiger partial charge in [0.15, 0.2) is 0 Å². The lowest BCUT2D eigenvalue weighted by Gasteiger charge is -1.85. The standard InChI is InChI=1S/C11H16O/c1-4-6-7-10-8-11(5-2)12-9(10)3/h6-8H,4-5H2,1-3H3/b7-6-. The van der Waals surface area contributed by atoms with E-state index in [-0.39, 0.29) is 0 Å². The van der Waals surface area contributed by atoms with Gasteiger partial charge in [-0.15, -0.1) is 0 Å². The highest BCUT2D eigenvalue weighted by molar-refractivity contribution is 5.51. The van der Waals surface area contributed by atoms with E-state index in [9.17, 15) is 0 Å². The van der Waals surface area contributed by atoms with Gasteiger partial charge >= 0.3 is 0 Å². The Balaban J connectivity index is 2.84. The largest absolute Gasteiger partial charge is 0.466 e. The van der Waals surface area contributed by atoms with Crippen molar-refractivity contribution >= 4 is 6.08 Å². The third-order valence-corrected chi connectivity index (χ3v) is 1.89. The second kappa shape index (κ2) is 4.15. The Bertz CT molecular complexity index is 269. The highest BCUT2D eigenvalue weighted by Crippen LogP contribution is 2.16. The molecule has 0 saturated heterocycles. The van der Waals surface area contributed by atoms with Crippen molar-refractivity contribution in [2.24, 2.45) is 0 Å². The summed E-state index contributed by atoms with van der Waals surface area (Å²) in [5.74, 6) is 2.10. The summed E-state index contributed by atoms with van der Waals surface area (Å²) in [5.41, 5.74) is 1.22. The lowest BCUT2D eigenvalue weighted by molar-refractivity contribution is 0.488. The Kier molecular flexibility index (Phi) is 3.15. The van der Waals surface area contributed by atoms with E-state index in [1.165, 1.54) is 5.56 Å². The number of hydrogen-bond donors (Lipinski definition) is 0. The molecule has 1 nitrogen and oxygen atoms in total. The van der Waals surface area contributed by atoms with Crippen molar-refractivity contribution in [3.8, 4) is 0 Å². The van der Waals surface area contributed by atoms with Crippen LogP contribution in [0.15, 0.2) is 16.6 Å². The van der Waals surface area contributed by atoms with Crippen LogP contribution in [0.2, 0.25) is 0 Å². The third-order valence-electron chi connectivity index (χ3n) is 1.89. The fourth-order valence-corrected chi connectivity index (χ4v) is 1.14. The van der Waals surface area contributed by atoms with Crippen molar-refractivity contribution in [2.45, 2.75) is 33.6 Å². The molecule has 0 aliphatic heterocycles. The predicted molar refractivity (Wildman–Crippen MR) is 52.1 cm³/mol. The van der Waals surface area contributed by atoms with Crippen molar-refractivity contribution < 1.29 is 4.42 Å². The van der Waals surface area contributed by atoms with Gasteiger partial charge in [0.05, 0.1) is 0 Å². The first kappa shape index (κ1) is 9.11. The van der Waals surface area contributed by atoms with Crippen LogP contribution in [-0.4, -0.2) is 0 Å². The maximum atomic E-state index is 5.51. The summed E-state index contributed by atoms with van der Waals surface area (Å²) in [6.45, 7) is 6.24. The number of hydrogen-bond acceptors (Lipinski definition) is 1. The monoisotopic (exact) mass is 164 g/mol. The van der Waals surface area contributed by atoms with Crippen molar-refractivity contribution in [3.63, 3.8) is 0 Å². The molecule has 0 spiro atoms. The van der Waals surface area contributed by atoms with Crippen molar-refractivity contribution in [2.75, 3.05) is 0 Å². The summed E-state index contributed by atoms with van der Waals surface area (Å²) in [7, 11) is 0. The Hall–Kier alpha value is -0.980. The fraction of sp³-hybridized carbons (Fsp3) is 0.455. The summed E-state index contributed by atoms with van der Waals surface area (Å²) >= 11 is 0. The SMILES string of the molecule is CC/C=C\c1cc(CC)oc1C. The van der Waals surface area contributed by atoms with Gasteiger partial charge in [-0.2, -0.15) is 0 Å². The minimum absolute atomic E-state index is 0.973. The van der Waals surface area contributed by atoms with Crippen LogP contribution in [0.4, 0.5) is 0 Å². The van der Waals surface area contributed by atoms with Gasteiger partial charge in [0, 0.05) is 12.0 Å². The van der Waals surface area contributed by atoms with Gasteiger partial charge in [-0.25, -0.2) is 0 Å². The highest BCUT2D eigenvalue weighted by atomic mass is 16.3. The maximum Gasteiger partial charge on any atom is 0.108 e. The van der Waals surface area contributed by atoms with Gasteiger partial charge in [0.2, 0.25) is 0 Å². The number of allylic oxidation sites excluding steroid dienone is 1. The molecule has 1 heteroatoms. The lowest BCUT2D eigenvalue weighted by atomic mass is 10.2. The zero-order chi connectivity index (χ0) is 8.97. The smallest absolute Gasteiger partial charge is 0.108 e. The topological polar surface area (TPSA) is 13.1 Å². The summed E-state index contributed by atoms with van der Waals surface area (Å²) in [5, 5.41) is 0. The normalized spacial score (nSPS) is 11.2. The first-order valence-corrected chi connectivity index (χ1v) is 4.53. The molecule has 1 rings (SSSR count). The van der Waals surface area contributed by atoms with Crippen LogP contribution >= 0.6 is 0 Å². The first-order chi connectivity index (χ1) is 5.77. The summed E-state index contributed by atoms with van der Waals surface area (Å²) in [6, 6.07) is 2.11. The zero-order valence-corrected chi connectivity index (χ0v) is 8.05. The molecular weight excluding hydrogens is 148 g/mol. The molecular formula is C11H16O. The molecule has 1 aromatic rings. The Labute approximate surface area is 74.1 Å². The van der Waals surface area contributed by atoms with Crippen LogP contribution in [0, 0.1) is 6.92 Å². The molecule has 0 amide bonds. The molecule has 0 N–H and O–H groups in total. The number of rotatable bonds is 3. The molecule has 0 aliphatic carbocycles. The number of furan rings is 1. The molecule has 66 valence electrons. The molecule has 0 aliphatic rings. The minimum atomic E-state index is 0.973. The molecule has 12 heavy (non-hydrogen) atoms. The van der Waals surface area contributed by atoms with Crippen molar-refractivity contribution in [3.05, 3.63) is 29.2 Å². The zero-order valence-electron chi connectivity index (χ0n) is 8.05. The molecule has 0 unspecified atom stereocenters. The van der Waals surface area contributed by atoms with E-state index in [4.69, 9.17) is 4.42 Å². The van der Waals surface area contributed by atoms with E-state index in [0.29, 0.717) is 0 Å². The summed E-state index contributed by atoms with van der Waals surface area (Å²) in [4.78, 5) is 0. The lowest BCUT2D eigenvalue weighted by Crippen LogP contribution is -1.68. The van der Waals surface area contributed by atoms with E-state index in [1.54, 1.807) is 0 Å². The van der Waals surface area contributed by atoms with E-state index in [1.807, 2.05) is 6.92 Å². The fourth-order valence-electron chi connectivity index (χ4n) is 1.14. The quantitative estimate of drug-likeness (QED) is 0.665. The van der Waals surface area contributed by atoms with E-state index < -0.39 is 0 Å². The van der Waals surface area contributed by atoms with Gasteiger partial charge in [0.25, 0.3) is 0 Å². The molecule has 0 aromatic carbocycles. The Morgan fingerprint density at radius 1 is 1.42 bits per heavy atom. The van der Waals surface area contributed by atoms with Crippen LogP contribution in [0.25, 0.3) is 6.08 Å². The van der Waals surface area contributed by atoms with Crippen LogP contribution in [0.3, 0.4) is 0 Å². The van der Waals surface area contributed by atoms with Crippen LogP contribution in [0.5, 0.6) is 0 Å². The molecule has 1 heterocycles. The Morgan fingerprint density at radius 2 is 2.17 bits per heavy atom. The van der Waals surface area contributed by atoms with Crippen molar-refractivity contribution in [1.29, 1.82) is 0 Å². The average Bonchev–Trinajstić information content (AvgIpc) is 2.43. The van der Waals surface area contributed by atoms with Gasteiger partial charge in [-0.3, -0.25) is 0 Å². The molecule has 0 saturated carbocycles. The van der Waals surface area contributed by atoms with Gasteiger partial charge in [-0.1, -0.05) is 26.0 Å². The molecule has 0 radical (unpaired) electrons. The van der Waals surface area contributed by atoms with E-state index >= 15 is 0 Å². The highest BCUT2D eigenvalue weighted by Gasteiger charge is 2.01. The Morgan fingerprint density at radius 3 is 2.67 bits per heavy atom. The first-order valence-electron chi connectivity index (χ1n) is 4.53. The van der Waals surface area contributed by atoms with E-state index in [2.05, 4.69) is 32.1 Å². The molecule has 1 aromatic heterocycles. The van der Waals surface area contributed by atoms with Crippen LogP contribution < -0.4 is 0 Å². The second-order valence-corrected chi connectivity index (χ2v) is 2.89. The van der Waals surface area contributed by atoms with E-state index in [0.717, 1.165) is 24.4 Å². The molecule has 0 atom stereocenters. The second-order valence-electron chi connectivity index (χ2n) is 2.89. The van der Waals surface area contributed by atoms with Crippen LogP contribution in [-0.2, 0) is 6.42 Å². The van der Waals surface area contributed by atoms with Gasteiger partial charge < -0.3 is 4.42 Å². The predicted octanol–water partition coefficient (Wildman–Crippen LogP) is 3.57. The third kappa shape index (κ3) is 2.00. The van der Waals surface area contributed by atoms with Crippen LogP contribution in [0.1, 0.15) is 37.4 Å². The van der Waals surface area contributed by atoms with Crippen molar-refractivity contribution in [1.82, 2.24) is 0 Å². The summed E-state index contributed by atoms with van der Waals surface area (Å²) < 4.78 is 5.51. The maximum absolute atomic E-state index is 5.51. The molecule has 0 fully saturated rings. The summed E-state index contributed by atoms with van der Waals surface area (Å²) in [6.07, 6.45) is 6.32.